The minimum Gasteiger partial charge on any atom is -0.481 e. The van der Waals surface area contributed by atoms with Crippen LogP contribution in [0.4, 0.5) is 4.79 Å². The Morgan fingerprint density at radius 1 is 0.537 bits per heavy atom. The molecule has 1 fully saturated rings. The molecule has 4 unspecified atom stereocenters. The molecular weight excluding hydrogens is 1070 g/mol. The van der Waals surface area contributed by atoms with Gasteiger partial charge in [-0.25, -0.2) is 9.59 Å². The summed E-state index contributed by atoms with van der Waals surface area (Å²) in [5.41, 5.74) is 1.80. The monoisotopic (exact) mass is 1150 g/mol. The van der Waals surface area contributed by atoms with Crippen LogP contribution in [0.2, 0.25) is 0 Å². The van der Waals surface area contributed by atoms with Crippen molar-refractivity contribution >= 4 is 82.4 Å². The highest BCUT2D eigenvalue weighted by molar-refractivity contribution is 7.80. The number of unbranched alkanes of at least 4 members (excludes halogenated alkanes) is 6. The fourth-order valence-electron chi connectivity index (χ4n) is 9.33. The van der Waals surface area contributed by atoms with Crippen molar-refractivity contribution in [3.8, 4) is 0 Å². The van der Waals surface area contributed by atoms with E-state index in [9.17, 15) is 83.4 Å². The molecule has 10 N–H and O–H groups in total. The molecule has 80 heavy (non-hydrogen) atoms. The molecule has 3 amide bonds. The predicted molar refractivity (Wildman–Crippen MR) is 294 cm³/mol. The van der Waals surface area contributed by atoms with E-state index in [1.54, 1.807) is 19.6 Å². The van der Waals surface area contributed by atoms with Crippen LogP contribution < -0.4 is 16.0 Å². The molecule has 1 aromatic carbocycles. The highest BCUT2D eigenvalue weighted by Gasteiger charge is 2.29. The first kappa shape index (κ1) is 69.6. The van der Waals surface area contributed by atoms with E-state index in [2.05, 4.69) is 16.0 Å². The average molecular weight is 1150 g/mol. The highest BCUT2D eigenvalue weighted by Crippen LogP contribution is 2.20. The van der Waals surface area contributed by atoms with Gasteiger partial charge in [0, 0.05) is 90.5 Å². The van der Waals surface area contributed by atoms with Crippen LogP contribution in [0.5, 0.6) is 0 Å². The lowest BCUT2D eigenvalue weighted by Gasteiger charge is -2.37. The van der Waals surface area contributed by atoms with Gasteiger partial charge in [0.05, 0.1) is 38.1 Å². The maximum absolute atomic E-state index is 12.7. The summed E-state index contributed by atoms with van der Waals surface area (Å²) in [4.78, 5) is 138. The Labute approximate surface area is 471 Å². The number of aliphatic carboxylic acids is 7. The number of rotatable bonds is 40. The van der Waals surface area contributed by atoms with Crippen LogP contribution in [-0.4, -0.2) is 222 Å². The number of amides is 3. The van der Waals surface area contributed by atoms with Crippen molar-refractivity contribution in [3.63, 3.8) is 0 Å². The first-order valence-corrected chi connectivity index (χ1v) is 27.7. The molecule has 2 rings (SSSR count). The summed E-state index contributed by atoms with van der Waals surface area (Å²) in [5.74, 6) is -9.40. The summed E-state index contributed by atoms with van der Waals surface area (Å²) in [6.07, 6.45) is 7.20. The van der Waals surface area contributed by atoms with Crippen LogP contribution >= 0.6 is 12.2 Å². The van der Waals surface area contributed by atoms with Crippen molar-refractivity contribution in [1.29, 1.82) is 0 Å². The van der Waals surface area contributed by atoms with E-state index in [0.29, 0.717) is 70.6 Å². The number of Topliss-reactive ketones (excluding diaryl/α,β-unsaturated/α-hetero) is 2. The summed E-state index contributed by atoms with van der Waals surface area (Å²) in [5, 5.41) is 74.3. The van der Waals surface area contributed by atoms with Crippen LogP contribution in [0.15, 0.2) is 24.3 Å². The van der Waals surface area contributed by atoms with Gasteiger partial charge in [0.1, 0.15) is 11.8 Å². The van der Waals surface area contributed by atoms with Crippen LogP contribution in [0.25, 0.3) is 0 Å². The number of ketones is 2. The van der Waals surface area contributed by atoms with Crippen molar-refractivity contribution in [2.24, 2.45) is 5.92 Å². The van der Waals surface area contributed by atoms with Gasteiger partial charge in [0.25, 0.3) is 0 Å². The molecule has 448 valence electrons. The van der Waals surface area contributed by atoms with Gasteiger partial charge >= 0.3 is 47.8 Å². The lowest BCUT2D eigenvalue weighted by molar-refractivity contribution is -0.144. The lowest BCUT2D eigenvalue weighted by atomic mass is 9.93. The molecule has 0 radical (unpaired) electrons. The molecule has 26 heteroatoms. The second kappa shape index (κ2) is 39.0. The molecule has 0 bridgehead atoms. The van der Waals surface area contributed by atoms with Gasteiger partial charge in [-0.2, -0.15) is 0 Å². The van der Waals surface area contributed by atoms with Crippen LogP contribution in [0, 0.1) is 5.92 Å². The van der Waals surface area contributed by atoms with E-state index in [1.807, 2.05) is 24.3 Å². The summed E-state index contributed by atoms with van der Waals surface area (Å²) in [6, 6.07) is 3.92. The molecule has 0 spiro atoms. The topological polar surface area (TPSA) is 378 Å². The quantitative estimate of drug-likeness (QED) is 0.0333. The predicted octanol–water partition coefficient (Wildman–Crippen LogP) is 2.88. The van der Waals surface area contributed by atoms with Crippen molar-refractivity contribution in [3.05, 3.63) is 35.4 Å². The number of nitrogens with one attached hydrogen (secondary N) is 3. The Morgan fingerprint density at radius 3 is 1.61 bits per heavy atom. The number of carbonyl (C=O) groups is 11. The Balaban J connectivity index is 1.76. The maximum atomic E-state index is 12.7. The number of benzene rings is 1. The molecule has 1 aliphatic heterocycles. The number of urea groups is 1. The summed E-state index contributed by atoms with van der Waals surface area (Å²) >= 11 is 5.70. The first-order chi connectivity index (χ1) is 37.9. The lowest BCUT2D eigenvalue weighted by Crippen LogP contribution is -2.53. The average Bonchev–Trinajstić information content (AvgIpc) is 3.36. The zero-order chi connectivity index (χ0) is 59.6. The largest absolute Gasteiger partial charge is 0.481 e. The molecule has 1 aliphatic rings. The Kier molecular flexibility index (Phi) is 33.9. The van der Waals surface area contributed by atoms with Crippen molar-refractivity contribution in [1.82, 2.24) is 35.6 Å². The molecule has 1 heterocycles. The molecule has 1 aromatic rings. The van der Waals surface area contributed by atoms with Crippen molar-refractivity contribution in [2.75, 3.05) is 78.5 Å². The summed E-state index contributed by atoms with van der Waals surface area (Å²) in [6.45, 7) is 1.39. The van der Waals surface area contributed by atoms with Gasteiger partial charge in [-0.05, 0) is 87.1 Å². The van der Waals surface area contributed by atoms with E-state index in [0.717, 1.165) is 28.8 Å². The molecule has 25 nitrogen and oxygen atoms in total. The molecule has 0 saturated carbocycles. The minimum absolute atomic E-state index is 0.0555. The van der Waals surface area contributed by atoms with E-state index >= 15 is 0 Å². The Hall–Kier alpha value is -6.48. The van der Waals surface area contributed by atoms with E-state index in [-0.39, 0.29) is 129 Å². The van der Waals surface area contributed by atoms with Crippen molar-refractivity contribution in [2.45, 2.75) is 147 Å². The number of carboxylic acid groups (broad SMARTS) is 7. The number of carbonyl (C=O) groups excluding carboxylic acids is 4. The van der Waals surface area contributed by atoms with E-state index in [1.165, 1.54) is 6.92 Å². The number of thiocarbonyl (C=S) groups is 1. The van der Waals surface area contributed by atoms with E-state index < -0.39 is 77.6 Å². The van der Waals surface area contributed by atoms with Crippen LogP contribution in [0.3, 0.4) is 0 Å². The minimum atomic E-state index is -1.29. The van der Waals surface area contributed by atoms with Gasteiger partial charge in [-0.15, -0.1) is 0 Å². The first-order valence-electron chi connectivity index (χ1n) is 27.3. The highest BCUT2D eigenvalue weighted by atomic mass is 32.1. The number of nitrogens with zero attached hydrogens (tertiary/aromatic N) is 4. The molecule has 4 atom stereocenters. The van der Waals surface area contributed by atoms with E-state index in [4.69, 9.17) is 17.3 Å². The SMILES string of the molecule is CC(=O)C(CCC(=O)O)NC(=O)NC(CCCCNC(=O)CCCCCCC(=O)CC(CCCCCC(=S)Cc1ccc(CC2CN(CC(=O)O)CCN(CC(=O)O)CCN(CC(=O)O)CCN2CC(=O)O)cc1)C(=O)O)C(=O)O. The zero-order valence-corrected chi connectivity index (χ0v) is 46.7. The van der Waals surface area contributed by atoms with Crippen molar-refractivity contribution < 1.29 is 88.5 Å². The fraction of sp³-hybridized carbons (Fsp3) is 0.667. The Morgan fingerprint density at radius 2 is 1.05 bits per heavy atom. The smallest absolute Gasteiger partial charge is 0.326 e. The van der Waals surface area contributed by atoms with Gasteiger partial charge in [0.15, 0.2) is 5.78 Å². The third-order valence-corrected chi connectivity index (χ3v) is 14.0. The van der Waals surface area contributed by atoms with Gasteiger partial charge < -0.3 is 51.7 Å². The number of hydrogen-bond acceptors (Lipinski definition) is 16. The maximum Gasteiger partial charge on any atom is 0.326 e. The second-order valence-corrected chi connectivity index (χ2v) is 21.0. The fourth-order valence-corrected chi connectivity index (χ4v) is 9.64. The standard InChI is InChI=1S/C54H83N7O18S/c1-37(62)44(20-21-47(65)66)56-54(79)57-45(53(77)78)14-9-10-22-55-46(64)15-8-3-2-6-12-42(63)31-40(52(75)76)11-5-4-7-13-43(80)30-39-18-16-38(17-19-39)29-41-32-60(35-50(71)72)26-25-58(33-48(67)68)23-24-59(34-49(69)70)27-28-61(41)36-51(73)74/h16-19,40-41,44-45H,2-15,20-36H2,1H3,(H,55,64)(H,65,66)(H,67,68)(H,69,70)(H,71,72)(H,73,74)(H,75,76)(H,77,78)(H2,56,57,79). The number of carboxylic acids is 7. The third-order valence-electron chi connectivity index (χ3n) is 13.7. The number of hydrogen-bond donors (Lipinski definition) is 10. The summed E-state index contributed by atoms with van der Waals surface area (Å²) < 4.78 is 0. The molecule has 1 saturated heterocycles. The summed E-state index contributed by atoms with van der Waals surface area (Å²) in [7, 11) is 0. The van der Waals surface area contributed by atoms with Crippen LogP contribution in [0.1, 0.15) is 127 Å². The Bertz CT molecular complexity index is 2220. The second-order valence-electron chi connectivity index (χ2n) is 20.5. The molecule has 0 aromatic heterocycles. The normalized spacial score (nSPS) is 16.1. The van der Waals surface area contributed by atoms with Gasteiger partial charge in [-0.1, -0.05) is 62.2 Å². The molecular formula is C54H83N7O18S. The van der Waals surface area contributed by atoms with Gasteiger partial charge in [-0.3, -0.25) is 62.8 Å². The zero-order valence-electron chi connectivity index (χ0n) is 45.9. The molecule has 0 aliphatic carbocycles. The van der Waals surface area contributed by atoms with Crippen LogP contribution in [-0.2, 0) is 60.8 Å². The third kappa shape index (κ3) is 32.6. The van der Waals surface area contributed by atoms with Gasteiger partial charge in [0.2, 0.25) is 5.91 Å².